The molecule has 0 bridgehead atoms. The molecule has 4 heteroatoms. The zero-order valence-corrected chi connectivity index (χ0v) is 10.6. The lowest BCUT2D eigenvalue weighted by molar-refractivity contribution is 0.129. The quantitative estimate of drug-likeness (QED) is 0.789. The maximum absolute atomic E-state index is 13.3. The minimum atomic E-state index is -0.184. The predicted octanol–water partition coefficient (Wildman–Crippen LogP) is 3.15. The van der Waals surface area contributed by atoms with Crippen LogP contribution in [-0.2, 0) is 4.74 Å². The third-order valence-corrected chi connectivity index (χ3v) is 3.86. The fraction of sp³-hybridized carbons (Fsp3) is 0.538. The van der Waals surface area contributed by atoms with Crippen molar-refractivity contribution in [2.24, 2.45) is 0 Å². The molecule has 2 rings (SSSR count). The minimum absolute atomic E-state index is 0.184. The average Bonchev–Trinajstić information content (AvgIpc) is 2.84. The summed E-state index contributed by atoms with van der Waals surface area (Å²) in [6, 6.07) is 6.78. The van der Waals surface area contributed by atoms with Gasteiger partial charge in [0, 0.05) is 24.7 Å². The van der Waals surface area contributed by atoms with Gasteiger partial charge in [-0.3, -0.25) is 0 Å². The molecule has 1 aliphatic heterocycles. The third kappa shape index (κ3) is 4.21. The van der Waals surface area contributed by atoms with Gasteiger partial charge in [0.25, 0.3) is 0 Å². The first-order valence-electron chi connectivity index (χ1n) is 6.04. The van der Waals surface area contributed by atoms with Crippen molar-refractivity contribution in [1.29, 1.82) is 0 Å². The summed E-state index contributed by atoms with van der Waals surface area (Å²) in [5.41, 5.74) is 0.588. The second-order valence-corrected chi connectivity index (χ2v) is 5.27. The van der Waals surface area contributed by atoms with Gasteiger partial charge in [0.05, 0.1) is 11.8 Å². The summed E-state index contributed by atoms with van der Waals surface area (Å²) in [4.78, 5) is 0. The Balaban J connectivity index is 1.58. The van der Waals surface area contributed by atoms with E-state index in [1.807, 2.05) is 17.8 Å². The molecule has 17 heavy (non-hydrogen) atoms. The van der Waals surface area contributed by atoms with Gasteiger partial charge in [-0.15, -0.1) is 0 Å². The molecule has 0 aromatic heterocycles. The Morgan fingerprint density at radius 3 is 3.06 bits per heavy atom. The molecule has 1 aromatic carbocycles. The maximum Gasteiger partial charge on any atom is 0.146 e. The van der Waals surface area contributed by atoms with Crippen LogP contribution in [0.5, 0.6) is 0 Å². The molecule has 0 saturated carbocycles. The van der Waals surface area contributed by atoms with E-state index >= 15 is 0 Å². The molecule has 94 valence electrons. The van der Waals surface area contributed by atoms with E-state index < -0.39 is 0 Å². The number of ether oxygens (including phenoxy) is 1. The van der Waals surface area contributed by atoms with Crippen LogP contribution >= 0.6 is 11.8 Å². The van der Waals surface area contributed by atoms with Crippen LogP contribution in [0.2, 0.25) is 0 Å². The number of hydrogen-bond acceptors (Lipinski definition) is 3. The number of hydrogen-bond donors (Lipinski definition) is 1. The lowest BCUT2D eigenvalue weighted by atomic mass is 10.3. The summed E-state index contributed by atoms with van der Waals surface area (Å²) >= 11 is 1.87. The fourth-order valence-electron chi connectivity index (χ4n) is 1.85. The van der Waals surface area contributed by atoms with E-state index in [0.29, 0.717) is 11.8 Å². The summed E-state index contributed by atoms with van der Waals surface area (Å²) < 4.78 is 18.8. The zero-order valence-electron chi connectivity index (χ0n) is 9.82. The number of halogens is 1. The summed E-state index contributed by atoms with van der Waals surface area (Å²) in [7, 11) is 0. The molecular weight excluding hydrogens is 237 g/mol. The highest BCUT2D eigenvalue weighted by Crippen LogP contribution is 2.17. The fourth-order valence-corrected chi connectivity index (χ4v) is 2.79. The molecule has 2 nitrogen and oxygen atoms in total. The van der Waals surface area contributed by atoms with Crippen LogP contribution in [0, 0.1) is 5.82 Å². The molecule has 1 saturated heterocycles. The minimum Gasteiger partial charge on any atom is -0.382 e. The standard InChI is InChI=1S/C13H18FNOS/c14-12-5-1-2-6-13(12)15-7-9-17-10-11-4-3-8-16-11/h1-2,5-6,11,15H,3-4,7-10H2. The summed E-state index contributed by atoms with van der Waals surface area (Å²) in [6.45, 7) is 1.71. The number of anilines is 1. The Bertz CT molecular complexity index is 342. The van der Waals surface area contributed by atoms with Crippen LogP contribution in [0.1, 0.15) is 12.8 Å². The maximum atomic E-state index is 13.3. The third-order valence-electron chi connectivity index (χ3n) is 2.76. The van der Waals surface area contributed by atoms with E-state index in [9.17, 15) is 4.39 Å². The Hall–Kier alpha value is -0.740. The van der Waals surface area contributed by atoms with Gasteiger partial charge in [-0.2, -0.15) is 11.8 Å². The van der Waals surface area contributed by atoms with Crippen molar-refractivity contribution in [3.05, 3.63) is 30.1 Å². The van der Waals surface area contributed by atoms with E-state index in [1.165, 1.54) is 18.9 Å². The van der Waals surface area contributed by atoms with E-state index in [0.717, 1.165) is 24.7 Å². The van der Waals surface area contributed by atoms with Gasteiger partial charge in [0.15, 0.2) is 0 Å². The van der Waals surface area contributed by atoms with Crippen LogP contribution < -0.4 is 5.32 Å². The molecule has 1 atom stereocenters. The molecule has 0 radical (unpaired) electrons. The van der Waals surface area contributed by atoms with Crippen molar-refractivity contribution in [2.45, 2.75) is 18.9 Å². The first kappa shape index (κ1) is 12.7. The smallest absolute Gasteiger partial charge is 0.146 e. The SMILES string of the molecule is Fc1ccccc1NCCSCC1CCCO1. The number of nitrogens with one attached hydrogen (secondary N) is 1. The monoisotopic (exact) mass is 255 g/mol. The van der Waals surface area contributed by atoms with Gasteiger partial charge in [-0.1, -0.05) is 12.1 Å². The molecule has 1 heterocycles. The molecule has 1 unspecified atom stereocenters. The largest absolute Gasteiger partial charge is 0.382 e. The van der Waals surface area contributed by atoms with Crippen LogP contribution in [-0.4, -0.2) is 30.8 Å². The number of rotatable bonds is 6. The van der Waals surface area contributed by atoms with Crippen molar-refractivity contribution < 1.29 is 9.13 Å². The summed E-state index contributed by atoms with van der Waals surface area (Å²) in [5, 5.41) is 3.10. The number of para-hydroxylation sites is 1. The average molecular weight is 255 g/mol. The predicted molar refractivity (Wildman–Crippen MR) is 71.2 cm³/mol. The number of benzene rings is 1. The Kier molecular flexibility index (Phi) is 5.13. The highest BCUT2D eigenvalue weighted by Gasteiger charge is 2.14. The van der Waals surface area contributed by atoms with Crippen LogP contribution in [0.3, 0.4) is 0 Å². The summed E-state index contributed by atoms with van der Waals surface area (Å²) in [6.07, 6.45) is 2.82. The Labute approximate surface area is 106 Å². The van der Waals surface area contributed by atoms with Crippen LogP contribution in [0.25, 0.3) is 0 Å². The van der Waals surface area contributed by atoms with Crippen molar-refractivity contribution in [1.82, 2.24) is 0 Å². The van der Waals surface area contributed by atoms with Crippen molar-refractivity contribution >= 4 is 17.4 Å². The summed E-state index contributed by atoms with van der Waals surface area (Å²) in [5.74, 6) is 1.85. The highest BCUT2D eigenvalue weighted by molar-refractivity contribution is 7.99. The second-order valence-electron chi connectivity index (χ2n) is 4.12. The van der Waals surface area contributed by atoms with Gasteiger partial charge >= 0.3 is 0 Å². The van der Waals surface area contributed by atoms with Crippen molar-refractivity contribution in [3.63, 3.8) is 0 Å². The normalized spacial score (nSPS) is 19.5. The van der Waals surface area contributed by atoms with Gasteiger partial charge in [0.2, 0.25) is 0 Å². The van der Waals surface area contributed by atoms with E-state index in [4.69, 9.17) is 4.74 Å². The topological polar surface area (TPSA) is 21.3 Å². The Morgan fingerprint density at radius 2 is 2.29 bits per heavy atom. The highest BCUT2D eigenvalue weighted by atomic mass is 32.2. The number of thioether (sulfide) groups is 1. The van der Waals surface area contributed by atoms with Gasteiger partial charge in [0.1, 0.15) is 5.82 Å². The van der Waals surface area contributed by atoms with Gasteiger partial charge in [-0.25, -0.2) is 4.39 Å². The van der Waals surface area contributed by atoms with Crippen LogP contribution in [0.4, 0.5) is 10.1 Å². The van der Waals surface area contributed by atoms with Crippen LogP contribution in [0.15, 0.2) is 24.3 Å². The van der Waals surface area contributed by atoms with Crippen molar-refractivity contribution in [2.75, 3.05) is 30.0 Å². The molecular formula is C13H18FNOS. The molecule has 1 aliphatic rings. The van der Waals surface area contributed by atoms with E-state index in [1.54, 1.807) is 12.1 Å². The Morgan fingerprint density at radius 1 is 1.41 bits per heavy atom. The first-order chi connectivity index (χ1) is 8.36. The first-order valence-corrected chi connectivity index (χ1v) is 7.19. The van der Waals surface area contributed by atoms with Gasteiger partial charge < -0.3 is 10.1 Å². The lowest BCUT2D eigenvalue weighted by Gasteiger charge is -2.10. The molecule has 1 N–H and O–H groups in total. The van der Waals surface area contributed by atoms with E-state index in [-0.39, 0.29) is 5.82 Å². The van der Waals surface area contributed by atoms with Gasteiger partial charge in [-0.05, 0) is 25.0 Å². The molecule has 1 aromatic rings. The second kappa shape index (κ2) is 6.87. The van der Waals surface area contributed by atoms with E-state index in [2.05, 4.69) is 5.32 Å². The molecule has 0 aliphatic carbocycles. The lowest BCUT2D eigenvalue weighted by Crippen LogP contribution is -2.11. The molecule has 1 fully saturated rings. The zero-order chi connectivity index (χ0) is 11.9. The molecule has 0 spiro atoms. The molecule has 0 amide bonds. The van der Waals surface area contributed by atoms with Crippen molar-refractivity contribution in [3.8, 4) is 0 Å².